The molecule has 0 bridgehead atoms. The SMILES string of the molecule is Fc1c(F)c(F)c(-c2nnc3ccc(Cl)nn23)c(F)c1F. The van der Waals surface area contributed by atoms with Gasteiger partial charge in [-0.05, 0) is 12.1 Å². The van der Waals surface area contributed by atoms with Crippen LogP contribution in [0.3, 0.4) is 0 Å². The van der Waals surface area contributed by atoms with Crippen LogP contribution in [0, 0.1) is 29.1 Å². The van der Waals surface area contributed by atoms with Gasteiger partial charge in [-0.2, -0.15) is 9.61 Å². The van der Waals surface area contributed by atoms with Gasteiger partial charge in [0.15, 0.2) is 34.7 Å². The third kappa shape index (κ3) is 1.92. The van der Waals surface area contributed by atoms with Gasteiger partial charge in [0.25, 0.3) is 0 Å². The standard InChI is InChI=1S/C11H2ClF5N4/c12-3-1-2-4-18-19-11(21(4)20-3)5-6(13)8(15)10(17)9(16)7(5)14/h1-2H. The van der Waals surface area contributed by atoms with Crippen molar-refractivity contribution in [3.05, 3.63) is 46.4 Å². The van der Waals surface area contributed by atoms with Crippen LogP contribution in [0.1, 0.15) is 0 Å². The van der Waals surface area contributed by atoms with Crippen LogP contribution in [0.5, 0.6) is 0 Å². The molecule has 0 radical (unpaired) electrons. The van der Waals surface area contributed by atoms with E-state index < -0.39 is 40.5 Å². The van der Waals surface area contributed by atoms with Crippen LogP contribution in [0.2, 0.25) is 5.15 Å². The number of nitrogens with zero attached hydrogens (tertiary/aromatic N) is 4. The largest absolute Gasteiger partial charge is 0.203 e. The first-order valence-corrected chi connectivity index (χ1v) is 5.69. The molecule has 3 aromatic rings. The molecule has 0 atom stereocenters. The van der Waals surface area contributed by atoms with Gasteiger partial charge < -0.3 is 0 Å². The Morgan fingerprint density at radius 3 is 2.00 bits per heavy atom. The van der Waals surface area contributed by atoms with E-state index in [1.165, 1.54) is 12.1 Å². The molecule has 1 aromatic carbocycles. The van der Waals surface area contributed by atoms with Crippen molar-refractivity contribution in [2.75, 3.05) is 0 Å². The van der Waals surface area contributed by atoms with Crippen molar-refractivity contribution in [2.45, 2.75) is 0 Å². The van der Waals surface area contributed by atoms with Crippen LogP contribution >= 0.6 is 11.6 Å². The number of rotatable bonds is 1. The van der Waals surface area contributed by atoms with Crippen LogP contribution in [-0.2, 0) is 0 Å². The lowest BCUT2D eigenvalue weighted by molar-refractivity contribution is 0.380. The quantitative estimate of drug-likeness (QED) is 0.393. The van der Waals surface area contributed by atoms with Gasteiger partial charge in [0, 0.05) is 0 Å². The normalized spacial score (nSPS) is 11.3. The maximum absolute atomic E-state index is 13.7. The molecule has 0 aliphatic heterocycles. The van der Waals surface area contributed by atoms with Crippen LogP contribution in [0.15, 0.2) is 12.1 Å². The molecule has 2 heterocycles. The van der Waals surface area contributed by atoms with Crippen molar-refractivity contribution < 1.29 is 22.0 Å². The summed E-state index contributed by atoms with van der Waals surface area (Å²) in [6, 6.07) is 2.64. The van der Waals surface area contributed by atoms with Gasteiger partial charge in [-0.1, -0.05) is 11.6 Å². The van der Waals surface area contributed by atoms with Gasteiger partial charge >= 0.3 is 0 Å². The van der Waals surface area contributed by atoms with E-state index in [1.54, 1.807) is 0 Å². The van der Waals surface area contributed by atoms with Gasteiger partial charge in [-0.3, -0.25) is 0 Å². The van der Waals surface area contributed by atoms with E-state index >= 15 is 0 Å². The van der Waals surface area contributed by atoms with E-state index in [4.69, 9.17) is 11.6 Å². The lowest BCUT2D eigenvalue weighted by Crippen LogP contribution is -2.06. The van der Waals surface area contributed by atoms with E-state index in [0.717, 1.165) is 4.52 Å². The van der Waals surface area contributed by atoms with Crippen LogP contribution in [0.4, 0.5) is 22.0 Å². The summed E-state index contributed by atoms with van der Waals surface area (Å²) >= 11 is 5.62. The van der Waals surface area contributed by atoms with Crippen LogP contribution in [0.25, 0.3) is 17.0 Å². The zero-order valence-corrected chi connectivity index (χ0v) is 10.5. The van der Waals surface area contributed by atoms with Crippen molar-refractivity contribution in [1.82, 2.24) is 19.8 Å². The van der Waals surface area contributed by atoms with E-state index in [9.17, 15) is 22.0 Å². The molecule has 108 valence electrons. The zero-order valence-electron chi connectivity index (χ0n) is 9.71. The summed E-state index contributed by atoms with van der Waals surface area (Å²) in [7, 11) is 0. The average molecular weight is 321 g/mol. The smallest absolute Gasteiger partial charge is 0.200 e. The fraction of sp³-hybridized carbons (Fsp3) is 0. The maximum Gasteiger partial charge on any atom is 0.200 e. The van der Waals surface area contributed by atoms with Gasteiger partial charge in [0.2, 0.25) is 5.82 Å². The minimum atomic E-state index is -2.26. The second-order valence-electron chi connectivity index (χ2n) is 3.89. The Labute approximate surface area is 117 Å². The summed E-state index contributed by atoms with van der Waals surface area (Å²) in [6.45, 7) is 0. The van der Waals surface area contributed by atoms with Crippen LogP contribution in [-0.4, -0.2) is 19.8 Å². The number of fused-ring (bicyclic) bond motifs is 1. The first-order valence-electron chi connectivity index (χ1n) is 5.31. The molecule has 0 aliphatic rings. The van der Waals surface area contributed by atoms with E-state index in [2.05, 4.69) is 15.3 Å². The molecular formula is C11H2ClF5N4. The summed E-state index contributed by atoms with van der Waals surface area (Å²) in [5.74, 6) is -11.1. The Morgan fingerprint density at radius 1 is 0.810 bits per heavy atom. The van der Waals surface area contributed by atoms with Gasteiger partial charge in [-0.15, -0.1) is 10.2 Å². The molecule has 21 heavy (non-hydrogen) atoms. The molecule has 0 N–H and O–H groups in total. The number of benzene rings is 1. The summed E-state index contributed by atoms with van der Waals surface area (Å²) in [4.78, 5) is 0. The molecular weight excluding hydrogens is 319 g/mol. The molecule has 2 aromatic heterocycles. The maximum atomic E-state index is 13.7. The Hall–Kier alpha value is -2.29. The first kappa shape index (κ1) is 13.7. The highest BCUT2D eigenvalue weighted by Crippen LogP contribution is 2.30. The lowest BCUT2D eigenvalue weighted by Gasteiger charge is -2.06. The van der Waals surface area contributed by atoms with E-state index in [-0.39, 0.29) is 10.8 Å². The predicted molar refractivity (Wildman–Crippen MR) is 61.0 cm³/mol. The molecule has 0 unspecified atom stereocenters. The fourth-order valence-electron chi connectivity index (χ4n) is 1.72. The minimum absolute atomic E-state index is 0.0262. The molecule has 4 nitrogen and oxygen atoms in total. The van der Waals surface area contributed by atoms with Gasteiger partial charge in [0.05, 0.1) is 5.56 Å². The topological polar surface area (TPSA) is 43.1 Å². The first-order chi connectivity index (χ1) is 9.91. The highest BCUT2D eigenvalue weighted by molar-refractivity contribution is 6.29. The van der Waals surface area contributed by atoms with Crippen molar-refractivity contribution in [3.63, 3.8) is 0 Å². The summed E-state index contributed by atoms with van der Waals surface area (Å²) in [5, 5.41) is 10.5. The van der Waals surface area contributed by atoms with Crippen molar-refractivity contribution >= 4 is 17.2 Å². The summed E-state index contributed by atoms with van der Waals surface area (Å²) < 4.78 is 67.7. The molecule has 0 spiro atoms. The third-order valence-electron chi connectivity index (χ3n) is 2.66. The number of hydrogen-bond donors (Lipinski definition) is 0. The molecule has 0 fully saturated rings. The molecule has 0 saturated heterocycles. The van der Waals surface area contributed by atoms with Gasteiger partial charge in [-0.25, -0.2) is 22.0 Å². The highest BCUT2D eigenvalue weighted by Gasteiger charge is 2.29. The average Bonchev–Trinajstić information content (AvgIpc) is 2.86. The molecule has 10 heteroatoms. The Balaban J connectivity index is 2.41. The van der Waals surface area contributed by atoms with Gasteiger partial charge in [0.1, 0.15) is 5.15 Å². The van der Waals surface area contributed by atoms with Crippen molar-refractivity contribution in [1.29, 1.82) is 0 Å². The minimum Gasteiger partial charge on any atom is -0.203 e. The monoisotopic (exact) mass is 320 g/mol. The number of hydrogen-bond acceptors (Lipinski definition) is 3. The fourth-order valence-corrected chi connectivity index (χ4v) is 1.86. The van der Waals surface area contributed by atoms with Crippen molar-refractivity contribution in [3.8, 4) is 11.4 Å². The number of aromatic nitrogens is 4. The van der Waals surface area contributed by atoms with E-state index in [0.29, 0.717) is 0 Å². The lowest BCUT2D eigenvalue weighted by atomic mass is 10.1. The predicted octanol–water partition coefficient (Wildman–Crippen LogP) is 3.14. The number of halogens is 6. The van der Waals surface area contributed by atoms with Crippen molar-refractivity contribution in [2.24, 2.45) is 0 Å². The Kier molecular flexibility index (Phi) is 3.01. The second kappa shape index (κ2) is 4.62. The zero-order chi connectivity index (χ0) is 15.3. The summed E-state index contributed by atoms with van der Waals surface area (Å²) in [5.41, 5.74) is -1.20. The highest BCUT2D eigenvalue weighted by atomic mass is 35.5. The third-order valence-corrected chi connectivity index (χ3v) is 2.87. The summed E-state index contributed by atoms with van der Waals surface area (Å²) in [6.07, 6.45) is 0. The molecule has 0 amide bonds. The molecule has 0 aliphatic carbocycles. The second-order valence-corrected chi connectivity index (χ2v) is 4.28. The Bertz CT molecular complexity index is 850. The van der Waals surface area contributed by atoms with E-state index in [1.807, 2.05) is 0 Å². The molecule has 3 rings (SSSR count). The molecule has 0 saturated carbocycles. The Morgan fingerprint density at radius 2 is 1.38 bits per heavy atom. The van der Waals surface area contributed by atoms with Crippen LogP contribution < -0.4 is 0 Å².